The van der Waals surface area contributed by atoms with Crippen molar-refractivity contribution in [3.63, 3.8) is 0 Å². The molecule has 3 rings (SSSR count). The quantitative estimate of drug-likeness (QED) is 0.634. The van der Waals surface area contributed by atoms with Crippen LogP contribution in [0.1, 0.15) is 18.1 Å². The Morgan fingerprint density at radius 2 is 2.21 bits per heavy atom. The van der Waals surface area contributed by atoms with Crippen molar-refractivity contribution >= 4 is 33.6 Å². The molecular weight excluding hydrogens is 368 g/mol. The molecule has 0 bridgehead atoms. The number of hydrogen-bond acceptors (Lipinski definition) is 3. The molecule has 4 nitrogen and oxygen atoms in total. The molecule has 1 aliphatic rings. The van der Waals surface area contributed by atoms with Gasteiger partial charge in [-0.2, -0.15) is 5.26 Å². The van der Waals surface area contributed by atoms with E-state index in [0.717, 1.165) is 27.8 Å². The SMILES string of the molecule is CC1Cc2cc(/C=C(/C#N)C(=O)Nc3cccc(Br)c3)ccc2O1. The van der Waals surface area contributed by atoms with Crippen molar-refractivity contribution in [1.29, 1.82) is 5.26 Å². The second kappa shape index (κ2) is 6.90. The number of nitrogens with one attached hydrogen (secondary N) is 1. The molecule has 0 fully saturated rings. The molecule has 1 unspecified atom stereocenters. The lowest BCUT2D eigenvalue weighted by atomic mass is 10.0. The molecule has 120 valence electrons. The highest BCUT2D eigenvalue weighted by Gasteiger charge is 2.19. The zero-order valence-electron chi connectivity index (χ0n) is 13.0. The van der Waals surface area contributed by atoms with E-state index in [4.69, 9.17) is 4.74 Å². The Morgan fingerprint density at radius 3 is 2.96 bits per heavy atom. The first-order valence-corrected chi connectivity index (χ1v) is 8.33. The number of anilines is 1. The van der Waals surface area contributed by atoms with Crippen LogP contribution in [-0.4, -0.2) is 12.0 Å². The van der Waals surface area contributed by atoms with E-state index in [0.29, 0.717) is 5.69 Å². The van der Waals surface area contributed by atoms with Crippen molar-refractivity contribution in [2.75, 3.05) is 5.32 Å². The number of carbonyl (C=O) groups excluding carboxylic acids is 1. The predicted molar refractivity (Wildman–Crippen MR) is 96.6 cm³/mol. The minimum absolute atomic E-state index is 0.0573. The highest BCUT2D eigenvalue weighted by Crippen LogP contribution is 2.30. The molecule has 0 spiro atoms. The minimum atomic E-state index is -0.430. The van der Waals surface area contributed by atoms with Gasteiger partial charge in [0.05, 0.1) is 0 Å². The van der Waals surface area contributed by atoms with E-state index < -0.39 is 5.91 Å². The normalized spacial score (nSPS) is 16.0. The fraction of sp³-hybridized carbons (Fsp3) is 0.158. The summed E-state index contributed by atoms with van der Waals surface area (Å²) >= 11 is 3.35. The van der Waals surface area contributed by atoms with Gasteiger partial charge in [-0.15, -0.1) is 0 Å². The summed E-state index contributed by atoms with van der Waals surface area (Å²) in [5, 5.41) is 12.0. The number of ether oxygens (including phenoxy) is 1. The van der Waals surface area contributed by atoms with Gasteiger partial charge in [0.2, 0.25) is 0 Å². The van der Waals surface area contributed by atoms with Crippen LogP contribution in [0.3, 0.4) is 0 Å². The van der Waals surface area contributed by atoms with Gasteiger partial charge in [-0.1, -0.05) is 28.1 Å². The summed E-state index contributed by atoms with van der Waals surface area (Å²) in [7, 11) is 0. The average molecular weight is 383 g/mol. The number of hydrogen-bond donors (Lipinski definition) is 1. The largest absolute Gasteiger partial charge is 0.490 e. The summed E-state index contributed by atoms with van der Waals surface area (Å²) < 4.78 is 6.52. The van der Waals surface area contributed by atoms with Gasteiger partial charge in [0, 0.05) is 16.6 Å². The Hall–Kier alpha value is -2.58. The van der Waals surface area contributed by atoms with E-state index in [9.17, 15) is 10.1 Å². The van der Waals surface area contributed by atoms with E-state index in [1.165, 1.54) is 0 Å². The van der Waals surface area contributed by atoms with E-state index in [1.54, 1.807) is 18.2 Å². The Balaban J connectivity index is 1.81. The first-order chi connectivity index (χ1) is 11.5. The van der Waals surface area contributed by atoms with Crippen LogP contribution >= 0.6 is 15.9 Å². The molecule has 2 aromatic carbocycles. The second-order valence-corrected chi connectivity index (χ2v) is 6.55. The Bertz CT molecular complexity index is 868. The molecule has 0 aliphatic carbocycles. The number of rotatable bonds is 3. The molecule has 1 N–H and O–H groups in total. The van der Waals surface area contributed by atoms with Crippen LogP contribution in [0, 0.1) is 11.3 Å². The first kappa shape index (κ1) is 16.3. The Morgan fingerprint density at radius 1 is 1.38 bits per heavy atom. The summed E-state index contributed by atoms with van der Waals surface area (Å²) in [4.78, 5) is 12.3. The van der Waals surface area contributed by atoms with E-state index in [1.807, 2.05) is 43.3 Å². The summed E-state index contributed by atoms with van der Waals surface area (Å²) in [6, 6.07) is 14.9. The topological polar surface area (TPSA) is 62.1 Å². The highest BCUT2D eigenvalue weighted by atomic mass is 79.9. The number of fused-ring (bicyclic) bond motifs is 1. The number of nitrogens with zero attached hydrogens (tertiary/aromatic N) is 1. The van der Waals surface area contributed by atoms with Crippen molar-refractivity contribution in [2.24, 2.45) is 0 Å². The Labute approximate surface area is 148 Å². The molecule has 1 amide bonds. The van der Waals surface area contributed by atoms with Gasteiger partial charge in [0.1, 0.15) is 23.5 Å². The standard InChI is InChI=1S/C19H15BrN2O2/c1-12-7-14-8-13(5-6-18(14)24-12)9-15(11-21)19(23)22-17-4-2-3-16(20)10-17/h2-6,8-10,12H,7H2,1H3,(H,22,23)/b15-9-. The number of nitriles is 1. The van der Waals surface area contributed by atoms with Crippen LogP contribution in [0.4, 0.5) is 5.69 Å². The molecule has 0 aromatic heterocycles. The third-order valence-electron chi connectivity index (χ3n) is 3.68. The van der Waals surface area contributed by atoms with Gasteiger partial charge in [0.15, 0.2) is 0 Å². The second-order valence-electron chi connectivity index (χ2n) is 5.63. The lowest BCUT2D eigenvalue weighted by Gasteiger charge is -2.05. The van der Waals surface area contributed by atoms with Crippen molar-refractivity contribution in [3.05, 3.63) is 63.6 Å². The van der Waals surface area contributed by atoms with Crippen molar-refractivity contribution in [1.82, 2.24) is 0 Å². The number of halogens is 1. The molecular formula is C19H15BrN2O2. The average Bonchev–Trinajstić information content (AvgIpc) is 2.91. The molecule has 5 heteroatoms. The van der Waals surface area contributed by atoms with Crippen LogP contribution in [0.5, 0.6) is 5.75 Å². The molecule has 1 heterocycles. The van der Waals surface area contributed by atoms with E-state index in [-0.39, 0.29) is 11.7 Å². The summed E-state index contributed by atoms with van der Waals surface area (Å²) in [6.07, 6.45) is 2.59. The maximum Gasteiger partial charge on any atom is 0.266 e. The van der Waals surface area contributed by atoms with Crippen LogP contribution in [0.2, 0.25) is 0 Å². The van der Waals surface area contributed by atoms with Crippen LogP contribution in [-0.2, 0) is 11.2 Å². The summed E-state index contributed by atoms with van der Waals surface area (Å²) in [5.74, 6) is 0.442. The lowest BCUT2D eigenvalue weighted by molar-refractivity contribution is -0.112. The number of benzene rings is 2. The van der Waals surface area contributed by atoms with Crippen molar-refractivity contribution in [3.8, 4) is 11.8 Å². The summed E-state index contributed by atoms with van der Waals surface area (Å²) in [5.41, 5.74) is 2.60. The minimum Gasteiger partial charge on any atom is -0.490 e. The smallest absolute Gasteiger partial charge is 0.266 e. The van der Waals surface area contributed by atoms with Crippen molar-refractivity contribution in [2.45, 2.75) is 19.4 Å². The number of amides is 1. The fourth-order valence-electron chi connectivity index (χ4n) is 2.61. The lowest BCUT2D eigenvalue weighted by Crippen LogP contribution is -2.13. The maximum atomic E-state index is 12.3. The maximum absolute atomic E-state index is 12.3. The van der Waals surface area contributed by atoms with Gasteiger partial charge >= 0.3 is 0 Å². The first-order valence-electron chi connectivity index (χ1n) is 7.53. The molecule has 1 atom stereocenters. The molecule has 24 heavy (non-hydrogen) atoms. The van der Waals surface area contributed by atoms with Gasteiger partial charge in [-0.05, 0) is 54.5 Å². The molecule has 1 aliphatic heterocycles. The van der Waals surface area contributed by atoms with E-state index in [2.05, 4.69) is 21.2 Å². The number of carbonyl (C=O) groups is 1. The highest BCUT2D eigenvalue weighted by molar-refractivity contribution is 9.10. The third kappa shape index (κ3) is 3.66. The molecule has 0 radical (unpaired) electrons. The van der Waals surface area contributed by atoms with Crippen LogP contribution in [0.25, 0.3) is 6.08 Å². The zero-order chi connectivity index (χ0) is 17.1. The Kier molecular flexibility index (Phi) is 4.68. The summed E-state index contributed by atoms with van der Waals surface area (Å²) in [6.45, 7) is 2.02. The van der Waals surface area contributed by atoms with Crippen LogP contribution in [0.15, 0.2) is 52.5 Å². The van der Waals surface area contributed by atoms with Gasteiger partial charge in [-0.3, -0.25) is 4.79 Å². The van der Waals surface area contributed by atoms with Crippen LogP contribution < -0.4 is 10.1 Å². The van der Waals surface area contributed by atoms with Gasteiger partial charge < -0.3 is 10.1 Å². The third-order valence-corrected chi connectivity index (χ3v) is 4.17. The van der Waals surface area contributed by atoms with Crippen molar-refractivity contribution < 1.29 is 9.53 Å². The molecule has 2 aromatic rings. The van der Waals surface area contributed by atoms with Gasteiger partial charge in [0.25, 0.3) is 5.91 Å². The van der Waals surface area contributed by atoms with Gasteiger partial charge in [-0.25, -0.2) is 0 Å². The molecule has 0 saturated heterocycles. The predicted octanol–water partition coefficient (Wildman–Crippen LogP) is 4.32. The monoisotopic (exact) mass is 382 g/mol. The fourth-order valence-corrected chi connectivity index (χ4v) is 3.01. The van der Waals surface area contributed by atoms with E-state index >= 15 is 0 Å². The zero-order valence-corrected chi connectivity index (χ0v) is 14.6. The molecule has 0 saturated carbocycles.